The Kier molecular flexibility index (Phi) is 6.06. The number of carbonyl (C=O) groups excluding carboxylic acids is 1. The van der Waals surface area contributed by atoms with E-state index in [2.05, 4.69) is 0 Å². The smallest absolute Gasteiger partial charge is 0.199 e. The van der Waals surface area contributed by atoms with Crippen LogP contribution in [0.25, 0.3) is 0 Å². The van der Waals surface area contributed by atoms with Gasteiger partial charge in [0.1, 0.15) is 11.9 Å². The Morgan fingerprint density at radius 1 is 0.929 bits per heavy atom. The first kappa shape index (κ1) is 19.6. The normalized spacial score (nSPS) is 11.7. The first-order chi connectivity index (χ1) is 13.5. The molecule has 0 spiro atoms. The lowest BCUT2D eigenvalue weighted by Gasteiger charge is -2.18. The Hall–Kier alpha value is -3.18. The van der Waals surface area contributed by atoms with Crippen LogP contribution in [-0.4, -0.2) is 25.1 Å². The molecular formula is C23H21FO4. The second-order valence-corrected chi connectivity index (χ2v) is 6.32. The molecule has 28 heavy (non-hydrogen) atoms. The van der Waals surface area contributed by atoms with Gasteiger partial charge in [-0.1, -0.05) is 48.5 Å². The van der Waals surface area contributed by atoms with Gasteiger partial charge in [0.2, 0.25) is 0 Å². The molecule has 5 heteroatoms. The van der Waals surface area contributed by atoms with Crippen molar-refractivity contribution in [1.29, 1.82) is 0 Å². The van der Waals surface area contributed by atoms with Crippen molar-refractivity contribution in [1.82, 2.24) is 0 Å². The Morgan fingerprint density at radius 2 is 1.57 bits per heavy atom. The molecule has 1 unspecified atom stereocenters. The van der Waals surface area contributed by atoms with Crippen molar-refractivity contribution in [3.63, 3.8) is 0 Å². The van der Waals surface area contributed by atoms with Crippen molar-refractivity contribution in [2.45, 2.75) is 12.5 Å². The van der Waals surface area contributed by atoms with E-state index in [1.165, 1.54) is 26.4 Å². The third kappa shape index (κ3) is 4.05. The van der Waals surface area contributed by atoms with Crippen molar-refractivity contribution in [3.05, 3.63) is 94.8 Å². The van der Waals surface area contributed by atoms with Crippen LogP contribution in [0.1, 0.15) is 33.2 Å². The van der Waals surface area contributed by atoms with Crippen molar-refractivity contribution in [2.24, 2.45) is 0 Å². The summed E-state index contributed by atoms with van der Waals surface area (Å²) in [5.41, 5.74) is 2.42. The summed E-state index contributed by atoms with van der Waals surface area (Å²) in [6.07, 6.45) is -0.821. The minimum atomic E-state index is -1.30. The fraction of sp³-hybridized carbons (Fsp3) is 0.174. The van der Waals surface area contributed by atoms with Gasteiger partial charge in [-0.05, 0) is 29.3 Å². The van der Waals surface area contributed by atoms with Gasteiger partial charge in [0, 0.05) is 12.0 Å². The molecule has 0 aliphatic heterocycles. The molecule has 4 nitrogen and oxygen atoms in total. The van der Waals surface area contributed by atoms with Crippen LogP contribution >= 0.6 is 0 Å². The van der Waals surface area contributed by atoms with Crippen LogP contribution in [0.2, 0.25) is 0 Å². The number of benzene rings is 3. The van der Waals surface area contributed by atoms with Crippen molar-refractivity contribution >= 4 is 5.78 Å². The van der Waals surface area contributed by atoms with Gasteiger partial charge in [0.25, 0.3) is 0 Å². The average Bonchev–Trinajstić information content (AvgIpc) is 2.74. The zero-order valence-corrected chi connectivity index (χ0v) is 15.7. The summed E-state index contributed by atoms with van der Waals surface area (Å²) in [5.74, 6) is -0.0983. The number of hydrogen-bond acceptors (Lipinski definition) is 4. The van der Waals surface area contributed by atoms with Gasteiger partial charge in [-0.15, -0.1) is 0 Å². The Morgan fingerprint density at radius 3 is 2.18 bits per heavy atom. The van der Waals surface area contributed by atoms with Crippen molar-refractivity contribution < 1.29 is 23.8 Å². The summed E-state index contributed by atoms with van der Waals surface area (Å²) in [5, 5.41) is 10.5. The van der Waals surface area contributed by atoms with E-state index in [4.69, 9.17) is 9.47 Å². The predicted molar refractivity (Wildman–Crippen MR) is 104 cm³/mol. The maximum absolute atomic E-state index is 13.1. The number of ketones is 1. The molecule has 144 valence electrons. The second kappa shape index (κ2) is 8.67. The molecular weight excluding hydrogens is 359 g/mol. The molecule has 0 heterocycles. The van der Waals surface area contributed by atoms with E-state index < -0.39 is 11.9 Å². The van der Waals surface area contributed by atoms with Gasteiger partial charge in [-0.2, -0.15) is 0 Å². The van der Waals surface area contributed by atoms with E-state index in [1.807, 2.05) is 6.07 Å². The minimum absolute atomic E-state index is 0.235. The van der Waals surface area contributed by atoms with Crippen LogP contribution in [-0.2, 0) is 6.42 Å². The van der Waals surface area contributed by atoms with Gasteiger partial charge in [-0.25, -0.2) is 4.39 Å². The third-order valence-corrected chi connectivity index (χ3v) is 4.54. The van der Waals surface area contributed by atoms with Crippen LogP contribution < -0.4 is 9.47 Å². The quantitative estimate of drug-likeness (QED) is 0.619. The molecule has 0 bridgehead atoms. The Labute approximate surface area is 163 Å². The van der Waals surface area contributed by atoms with Gasteiger partial charge in [-0.3, -0.25) is 4.79 Å². The van der Waals surface area contributed by atoms with Gasteiger partial charge < -0.3 is 14.6 Å². The number of aliphatic hydroxyl groups is 1. The van der Waals surface area contributed by atoms with Gasteiger partial charge in [0.15, 0.2) is 17.3 Å². The molecule has 3 aromatic carbocycles. The maximum atomic E-state index is 13.1. The first-order valence-corrected chi connectivity index (χ1v) is 8.80. The molecule has 0 aromatic heterocycles. The SMILES string of the molecule is COc1c(Cc2ccc(F)cc2)ccc(C(=O)C(O)c2ccccc2)c1OC. The molecule has 0 fully saturated rings. The van der Waals surface area contributed by atoms with Crippen molar-refractivity contribution in [3.8, 4) is 11.5 Å². The average molecular weight is 380 g/mol. The van der Waals surface area contributed by atoms with E-state index >= 15 is 0 Å². The second-order valence-electron chi connectivity index (χ2n) is 6.32. The largest absolute Gasteiger partial charge is 0.493 e. The molecule has 3 aromatic rings. The fourth-order valence-electron chi connectivity index (χ4n) is 3.12. The van der Waals surface area contributed by atoms with Crippen LogP contribution in [0.4, 0.5) is 4.39 Å². The maximum Gasteiger partial charge on any atom is 0.199 e. The van der Waals surface area contributed by atoms with Gasteiger partial charge in [0.05, 0.1) is 19.8 Å². The number of carbonyl (C=O) groups is 1. The highest BCUT2D eigenvalue weighted by molar-refractivity contribution is 6.03. The van der Waals surface area contributed by atoms with E-state index in [1.54, 1.807) is 48.5 Å². The number of rotatable bonds is 7. The zero-order chi connectivity index (χ0) is 20.1. The molecule has 1 N–H and O–H groups in total. The molecule has 1 atom stereocenters. The van der Waals surface area contributed by atoms with Crippen LogP contribution in [0, 0.1) is 5.82 Å². The molecule has 0 amide bonds. The number of aliphatic hydroxyl groups excluding tert-OH is 1. The summed E-state index contributed by atoms with van der Waals surface area (Å²) >= 11 is 0. The highest BCUT2D eigenvalue weighted by Gasteiger charge is 2.26. The molecule has 0 aliphatic rings. The monoisotopic (exact) mass is 380 g/mol. The zero-order valence-electron chi connectivity index (χ0n) is 15.7. The summed E-state index contributed by atoms with van der Waals surface area (Å²) < 4.78 is 24.1. The molecule has 0 aliphatic carbocycles. The molecule has 3 rings (SSSR count). The Bertz CT molecular complexity index is 952. The third-order valence-electron chi connectivity index (χ3n) is 4.54. The highest BCUT2D eigenvalue weighted by atomic mass is 19.1. The molecule has 0 radical (unpaired) electrons. The van der Waals surface area contributed by atoms with Crippen LogP contribution in [0.3, 0.4) is 0 Å². The van der Waals surface area contributed by atoms with Crippen LogP contribution in [0.15, 0.2) is 66.7 Å². The standard InChI is InChI=1S/C23H21FO4/c1-27-22-17(14-15-8-11-18(24)12-9-15)10-13-19(23(22)28-2)21(26)20(25)16-6-4-3-5-7-16/h3-13,20,25H,14H2,1-2H3. The number of hydrogen-bond donors (Lipinski definition) is 1. The van der Waals surface area contributed by atoms with Crippen LogP contribution in [0.5, 0.6) is 11.5 Å². The van der Waals surface area contributed by atoms with Gasteiger partial charge >= 0.3 is 0 Å². The summed E-state index contributed by atoms with van der Waals surface area (Å²) in [4.78, 5) is 12.9. The summed E-state index contributed by atoms with van der Waals surface area (Å²) in [6.45, 7) is 0. The summed E-state index contributed by atoms with van der Waals surface area (Å²) in [7, 11) is 2.94. The van der Waals surface area contributed by atoms with Crippen molar-refractivity contribution in [2.75, 3.05) is 14.2 Å². The topological polar surface area (TPSA) is 55.8 Å². The fourth-order valence-corrected chi connectivity index (χ4v) is 3.12. The lowest BCUT2D eigenvalue weighted by atomic mass is 9.95. The molecule has 0 saturated carbocycles. The van der Waals surface area contributed by atoms with E-state index in [-0.39, 0.29) is 17.1 Å². The molecule has 0 saturated heterocycles. The minimum Gasteiger partial charge on any atom is -0.493 e. The summed E-state index contributed by atoms with van der Waals surface area (Å²) in [6, 6.07) is 18.3. The number of methoxy groups -OCH3 is 2. The predicted octanol–water partition coefficient (Wildman–Crippen LogP) is 4.35. The number of ether oxygens (including phenoxy) is 2. The highest BCUT2D eigenvalue weighted by Crippen LogP contribution is 2.38. The van der Waals surface area contributed by atoms with E-state index in [9.17, 15) is 14.3 Å². The van der Waals surface area contributed by atoms with E-state index in [0.717, 1.165) is 11.1 Å². The first-order valence-electron chi connectivity index (χ1n) is 8.80. The lowest BCUT2D eigenvalue weighted by molar-refractivity contribution is 0.0743. The number of halogens is 1. The lowest BCUT2D eigenvalue weighted by Crippen LogP contribution is -2.14. The van der Waals surface area contributed by atoms with E-state index in [0.29, 0.717) is 17.7 Å². The number of Topliss-reactive ketones (excluding diaryl/α,β-unsaturated/α-hetero) is 1. The Balaban J connectivity index is 1.97.